The number of thiazole rings is 1. The minimum absolute atomic E-state index is 0.0592. The number of para-hydroxylation sites is 2. The first kappa shape index (κ1) is 18.1. The minimum Gasteiger partial charge on any atom is -0.325 e. The van der Waals surface area contributed by atoms with E-state index in [1.165, 1.54) is 9.71 Å². The third-order valence-corrected chi connectivity index (χ3v) is 5.97. The lowest BCUT2D eigenvalue weighted by molar-refractivity contribution is -0.117. The Morgan fingerprint density at radius 1 is 1.04 bits per heavy atom. The topological polar surface area (TPSA) is 48.5 Å². The fraction of sp³-hybridized carbons (Fsp3) is 0.333. The molecule has 1 amide bonds. The van der Waals surface area contributed by atoms with E-state index >= 15 is 0 Å². The highest BCUT2D eigenvalue weighted by atomic mass is 32.1. The standard InChI is InChI=1S/C21H24N4OS/c1-16-6-2-3-7-17(16)22-20(26)14-24-10-12-25(13-11-24)15-21-23-18-8-4-5-9-19(18)27-21/h2-9H,10-15H2,1H3,(H,22,26). The van der Waals surface area contributed by atoms with E-state index in [1.54, 1.807) is 11.3 Å². The molecule has 1 fully saturated rings. The van der Waals surface area contributed by atoms with Crippen molar-refractivity contribution in [3.05, 3.63) is 59.1 Å². The highest BCUT2D eigenvalue weighted by Gasteiger charge is 2.20. The molecule has 0 unspecified atom stereocenters. The number of aryl methyl sites for hydroxylation is 1. The van der Waals surface area contributed by atoms with Crippen LogP contribution < -0.4 is 5.32 Å². The van der Waals surface area contributed by atoms with Gasteiger partial charge in [-0.3, -0.25) is 14.6 Å². The second kappa shape index (κ2) is 8.17. The largest absolute Gasteiger partial charge is 0.325 e. The number of carbonyl (C=O) groups is 1. The maximum Gasteiger partial charge on any atom is 0.238 e. The number of piperazine rings is 1. The molecule has 0 saturated carbocycles. The van der Waals surface area contributed by atoms with Crippen molar-refractivity contribution in [2.24, 2.45) is 0 Å². The number of aromatic nitrogens is 1. The Bertz CT molecular complexity index is 898. The number of hydrogen-bond donors (Lipinski definition) is 1. The van der Waals surface area contributed by atoms with E-state index in [2.05, 4.69) is 33.3 Å². The Balaban J connectivity index is 1.26. The second-order valence-corrected chi connectivity index (χ2v) is 8.11. The number of carbonyl (C=O) groups excluding carboxylic acids is 1. The highest BCUT2D eigenvalue weighted by Crippen LogP contribution is 2.23. The van der Waals surface area contributed by atoms with Crippen LogP contribution in [0.2, 0.25) is 0 Å². The highest BCUT2D eigenvalue weighted by molar-refractivity contribution is 7.18. The summed E-state index contributed by atoms with van der Waals surface area (Å²) < 4.78 is 1.25. The van der Waals surface area contributed by atoms with E-state index in [4.69, 9.17) is 4.98 Å². The molecule has 1 aromatic heterocycles. The van der Waals surface area contributed by atoms with Gasteiger partial charge in [0, 0.05) is 31.9 Å². The average molecular weight is 381 g/mol. The van der Waals surface area contributed by atoms with Crippen molar-refractivity contribution in [2.75, 3.05) is 38.0 Å². The maximum atomic E-state index is 12.3. The van der Waals surface area contributed by atoms with E-state index in [1.807, 2.05) is 37.3 Å². The van der Waals surface area contributed by atoms with Crippen molar-refractivity contribution in [2.45, 2.75) is 13.5 Å². The first-order valence-corrected chi connectivity index (χ1v) is 10.1. The van der Waals surface area contributed by atoms with Crippen LogP contribution in [0.3, 0.4) is 0 Å². The van der Waals surface area contributed by atoms with Crippen molar-refractivity contribution in [1.82, 2.24) is 14.8 Å². The molecule has 1 N–H and O–H groups in total. The third kappa shape index (κ3) is 4.53. The Morgan fingerprint density at radius 2 is 1.74 bits per heavy atom. The molecular weight excluding hydrogens is 356 g/mol. The molecule has 1 saturated heterocycles. The molecule has 6 heteroatoms. The number of hydrogen-bond acceptors (Lipinski definition) is 5. The van der Waals surface area contributed by atoms with E-state index in [9.17, 15) is 4.79 Å². The van der Waals surface area contributed by atoms with Crippen molar-refractivity contribution in [3.8, 4) is 0 Å². The molecule has 2 aromatic carbocycles. The van der Waals surface area contributed by atoms with Gasteiger partial charge in [-0.15, -0.1) is 11.3 Å². The van der Waals surface area contributed by atoms with Gasteiger partial charge >= 0.3 is 0 Å². The van der Waals surface area contributed by atoms with Gasteiger partial charge in [-0.2, -0.15) is 0 Å². The molecular formula is C21H24N4OS. The number of amides is 1. The molecule has 0 radical (unpaired) electrons. The minimum atomic E-state index is 0.0592. The van der Waals surface area contributed by atoms with Gasteiger partial charge in [-0.1, -0.05) is 30.3 Å². The number of nitrogens with zero attached hydrogens (tertiary/aromatic N) is 3. The fourth-order valence-corrected chi connectivity index (χ4v) is 4.40. The number of benzene rings is 2. The third-order valence-electron chi connectivity index (χ3n) is 4.95. The lowest BCUT2D eigenvalue weighted by atomic mass is 10.2. The van der Waals surface area contributed by atoms with Crippen LogP contribution in [-0.2, 0) is 11.3 Å². The summed E-state index contributed by atoms with van der Waals surface area (Å²) >= 11 is 1.77. The van der Waals surface area contributed by atoms with Gasteiger partial charge in [-0.25, -0.2) is 4.98 Å². The molecule has 2 heterocycles. The maximum absolute atomic E-state index is 12.3. The molecule has 5 nitrogen and oxygen atoms in total. The van der Waals surface area contributed by atoms with Gasteiger partial charge in [0.2, 0.25) is 5.91 Å². The normalized spacial score (nSPS) is 15.9. The Morgan fingerprint density at radius 3 is 2.52 bits per heavy atom. The summed E-state index contributed by atoms with van der Waals surface area (Å²) in [4.78, 5) is 21.7. The van der Waals surface area contributed by atoms with Crippen LogP contribution in [0.5, 0.6) is 0 Å². The van der Waals surface area contributed by atoms with Crippen molar-refractivity contribution in [3.63, 3.8) is 0 Å². The summed E-state index contributed by atoms with van der Waals surface area (Å²) in [5, 5.41) is 4.19. The Labute approximate surface area is 163 Å². The van der Waals surface area contributed by atoms with E-state index in [-0.39, 0.29) is 5.91 Å². The first-order valence-electron chi connectivity index (χ1n) is 9.32. The predicted molar refractivity (Wildman–Crippen MR) is 111 cm³/mol. The zero-order valence-electron chi connectivity index (χ0n) is 15.5. The van der Waals surface area contributed by atoms with Gasteiger partial charge < -0.3 is 5.32 Å². The summed E-state index contributed by atoms with van der Waals surface area (Å²) in [5.41, 5.74) is 3.08. The van der Waals surface area contributed by atoms with Crippen molar-refractivity contribution in [1.29, 1.82) is 0 Å². The number of rotatable bonds is 5. The molecule has 0 aliphatic carbocycles. The molecule has 27 heavy (non-hydrogen) atoms. The Kier molecular flexibility index (Phi) is 5.48. The van der Waals surface area contributed by atoms with Gasteiger partial charge in [0.1, 0.15) is 5.01 Å². The molecule has 0 bridgehead atoms. The monoisotopic (exact) mass is 380 g/mol. The number of nitrogens with one attached hydrogen (secondary N) is 1. The zero-order chi connectivity index (χ0) is 18.6. The van der Waals surface area contributed by atoms with Gasteiger partial charge in [-0.05, 0) is 30.7 Å². The van der Waals surface area contributed by atoms with Crippen LogP contribution >= 0.6 is 11.3 Å². The molecule has 4 rings (SSSR count). The van der Waals surface area contributed by atoms with Crippen LogP contribution in [0, 0.1) is 6.92 Å². The lowest BCUT2D eigenvalue weighted by Crippen LogP contribution is -2.48. The molecule has 0 atom stereocenters. The van der Waals surface area contributed by atoms with Crippen LogP contribution in [0.1, 0.15) is 10.6 Å². The lowest BCUT2D eigenvalue weighted by Gasteiger charge is -2.33. The van der Waals surface area contributed by atoms with Crippen LogP contribution in [-0.4, -0.2) is 53.4 Å². The van der Waals surface area contributed by atoms with E-state index in [0.29, 0.717) is 6.54 Å². The predicted octanol–water partition coefficient (Wildman–Crippen LogP) is 3.36. The number of fused-ring (bicyclic) bond motifs is 1. The summed E-state index contributed by atoms with van der Waals surface area (Å²) in [5.74, 6) is 0.0592. The Hall–Kier alpha value is -2.28. The quantitative estimate of drug-likeness (QED) is 0.737. The zero-order valence-corrected chi connectivity index (χ0v) is 16.3. The summed E-state index contributed by atoms with van der Waals surface area (Å²) in [6.07, 6.45) is 0. The van der Waals surface area contributed by atoms with E-state index < -0.39 is 0 Å². The average Bonchev–Trinajstić information content (AvgIpc) is 3.07. The van der Waals surface area contributed by atoms with Crippen LogP contribution in [0.4, 0.5) is 5.69 Å². The molecule has 3 aromatic rings. The van der Waals surface area contributed by atoms with Crippen molar-refractivity contribution >= 4 is 33.1 Å². The smallest absolute Gasteiger partial charge is 0.238 e. The number of anilines is 1. The fourth-order valence-electron chi connectivity index (χ4n) is 3.39. The second-order valence-electron chi connectivity index (χ2n) is 6.99. The van der Waals surface area contributed by atoms with E-state index in [0.717, 1.165) is 49.5 Å². The van der Waals surface area contributed by atoms with Gasteiger partial charge in [0.05, 0.1) is 23.3 Å². The summed E-state index contributed by atoms with van der Waals surface area (Å²) in [6.45, 7) is 7.10. The van der Waals surface area contributed by atoms with Gasteiger partial charge in [0.25, 0.3) is 0 Å². The van der Waals surface area contributed by atoms with Crippen LogP contribution in [0.25, 0.3) is 10.2 Å². The summed E-state index contributed by atoms with van der Waals surface area (Å²) in [7, 11) is 0. The molecule has 0 spiro atoms. The van der Waals surface area contributed by atoms with Crippen LogP contribution in [0.15, 0.2) is 48.5 Å². The molecule has 1 aliphatic rings. The first-order chi connectivity index (χ1) is 13.2. The summed E-state index contributed by atoms with van der Waals surface area (Å²) in [6, 6.07) is 16.2. The van der Waals surface area contributed by atoms with Gasteiger partial charge in [0.15, 0.2) is 0 Å². The molecule has 1 aliphatic heterocycles. The SMILES string of the molecule is Cc1ccccc1NC(=O)CN1CCN(Cc2nc3ccccc3s2)CC1. The van der Waals surface area contributed by atoms with Crippen molar-refractivity contribution < 1.29 is 4.79 Å². The molecule has 140 valence electrons.